The summed E-state index contributed by atoms with van der Waals surface area (Å²) < 4.78 is 5.19. The Bertz CT molecular complexity index is 811. The second kappa shape index (κ2) is 9.64. The Labute approximate surface area is 177 Å². The molecule has 3 rings (SSSR count). The van der Waals surface area contributed by atoms with Crippen LogP contribution in [0, 0.1) is 5.92 Å². The van der Waals surface area contributed by atoms with Gasteiger partial charge in [-0.3, -0.25) is 9.69 Å². The van der Waals surface area contributed by atoms with E-state index in [1.54, 1.807) is 13.2 Å². The number of carbonyl (C=O) groups is 1. The molecule has 28 heavy (non-hydrogen) atoms. The van der Waals surface area contributed by atoms with Gasteiger partial charge in [0.25, 0.3) is 0 Å². The van der Waals surface area contributed by atoms with Gasteiger partial charge in [0.05, 0.1) is 13.0 Å². The highest BCUT2D eigenvalue weighted by Crippen LogP contribution is 2.26. The number of rotatable bonds is 6. The molecule has 0 aromatic heterocycles. The average molecular weight is 421 g/mol. The van der Waals surface area contributed by atoms with Crippen LogP contribution in [0.2, 0.25) is 10.0 Å². The average Bonchev–Trinajstić information content (AvgIpc) is 2.70. The zero-order valence-electron chi connectivity index (χ0n) is 16.3. The summed E-state index contributed by atoms with van der Waals surface area (Å²) >= 11 is 12.3. The van der Waals surface area contributed by atoms with Crippen LogP contribution in [-0.2, 0) is 17.9 Å². The first-order chi connectivity index (χ1) is 13.5. The van der Waals surface area contributed by atoms with E-state index in [2.05, 4.69) is 4.90 Å². The lowest BCUT2D eigenvalue weighted by atomic mass is 9.96. The topological polar surface area (TPSA) is 32.8 Å². The Morgan fingerprint density at radius 2 is 1.96 bits per heavy atom. The van der Waals surface area contributed by atoms with Crippen molar-refractivity contribution in [2.24, 2.45) is 5.92 Å². The van der Waals surface area contributed by atoms with Crippen molar-refractivity contribution >= 4 is 29.1 Å². The van der Waals surface area contributed by atoms with Gasteiger partial charge in [-0.15, -0.1) is 0 Å². The van der Waals surface area contributed by atoms with Gasteiger partial charge in [-0.05, 0) is 54.8 Å². The predicted molar refractivity (Wildman–Crippen MR) is 114 cm³/mol. The van der Waals surface area contributed by atoms with Crippen LogP contribution in [-0.4, -0.2) is 43.0 Å². The molecule has 150 valence electrons. The zero-order valence-corrected chi connectivity index (χ0v) is 17.8. The first-order valence-electron chi connectivity index (χ1n) is 9.50. The van der Waals surface area contributed by atoms with Crippen LogP contribution in [0.25, 0.3) is 0 Å². The van der Waals surface area contributed by atoms with Crippen molar-refractivity contribution in [1.82, 2.24) is 9.80 Å². The Kier molecular flexibility index (Phi) is 7.22. The number of nitrogens with zero attached hydrogens (tertiary/aromatic N) is 2. The number of amides is 1. The first kappa shape index (κ1) is 21.0. The minimum atomic E-state index is 0.0167. The number of ether oxygens (including phenoxy) is 1. The van der Waals surface area contributed by atoms with Gasteiger partial charge in [0.15, 0.2) is 0 Å². The maximum absolute atomic E-state index is 13.0. The molecule has 1 fully saturated rings. The van der Waals surface area contributed by atoms with Gasteiger partial charge in [0.1, 0.15) is 5.75 Å². The first-order valence-corrected chi connectivity index (χ1v) is 10.3. The highest BCUT2D eigenvalue weighted by Gasteiger charge is 2.28. The molecule has 1 aliphatic heterocycles. The van der Waals surface area contributed by atoms with Gasteiger partial charge in [-0.25, -0.2) is 0 Å². The maximum Gasteiger partial charge on any atom is 0.227 e. The van der Waals surface area contributed by atoms with Crippen LogP contribution in [0.4, 0.5) is 0 Å². The third-order valence-corrected chi connectivity index (χ3v) is 5.81. The van der Waals surface area contributed by atoms with Crippen molar-refractivity contribution in [2.75, 3.05) is 27.2 Å². The van der Waals surface area contributed by atoms with E-state index in [0.29, 0.717) is 16.6 Å². The predicted octanol–water partition coefficient (Wildman–Crippen LogP) is 4.87. The molecule has 6 heteroatoms. The van der Waals surface area contributed by atoms with Gasteiger partial charge in [0, 0.05) is 36.7 Å². The molecule has 1 aliphatic rings. The van der Waals surface area contributed by atoms with Gasteiger partial charge < -0.3 is 9.64 Å². The summed E-state index contributed by atoms with van der Waals surface area (Å²) in [6.07, 6.45) is 1.94. The van der Waals surface area contributed by atoms with E-state index in [1.165, 1.54) is 0 Å². The van der Waals surface area contributed by atoms with E-state index >= 15 is 0 Å². The van der Waals surface area contributed by atoms with E-state index in [1.807, 2.05) is 48.3 Å². The Morgan fingerprint density at radius 1 is 1.21 bits per heavy atom. The lowest BCUT2D eigenvalue weighted by molar-refractivity contribution is -0.136. The number of hydrogen-bond acceptors (Lipinski definition) is 3. The molecule has 0 spiro atoms. The van der Waals surface area contributed by atoms with Gasteiger partial charge in [-0.1, -0.05) is 41.4 Å². The number of carbonyl (C=O) groups excluding carboxylic acids is 1. The molecule has 1 amide bonds. The monoisotopic (exact) mass is 420 g/mol. The molecule has 4 nitrogen and oxygen atoms in total. The van der Waals surface area contributed by atoms with Crippen LogP contribution in [0.1, 0.15) is 24.0 Å². The number of halogens is 2. The fourth-order valence-electron chi connectivity index (χ4n) is 3.69. The van der Waals surface area contributed by atoms with E-state index in [9.17, 15) is 4.79 Å². The van der Waals surface area contributed by atoms with Crippen LogP contribution in [0.5, 0.6) is 5.75 Å². The summed E-state index contributed by atoms with van der Waals surface area (Å²) in [6, 6.07) is 13.4. The molecule has 1 heterocycles. The SMILES string of the molecule is COc1ccc(CN(C)C(=O)C2CCCN(Cc3ccc(Cl)cc3Cl)C2)cc1. The van der Waals surface area contributed by atoms with E-state index in [-0.39, 0.29) is 11.8 Å². The second-order valence-corrected chi connectivity index (χ2v) is 8.20. The van der Waals surface area contributed by atoms with Crippen molar-refractivity contribution in [3.05, 3.63) is 63.6 Å². The fraction of sp³-hybridized carbons (Fsp3) is 0.409. The maximum atomic E-state index is 13.0. The number of benzene rings is 2. The third-order valence-electron chi connectivity index (χ3n) is 5.22. The highest BCUT2D eigenvalue weighted by atomic mass is 35.5. The fourth-order valence-corrected chi connectivity index (χ4v) is 4.15. The molecule has 2 aromatic carbocycles. The van der Waals surface area contributed by atoms with Crippen molar-refractivity contribution in [3.8, 4) is 5.75 Å². The van der Waals surface area contributed by atoms with Gasteiger partial charge in [-0.2, -0.15) is 0 Å². The van der Waals surface area contributed by atoms with Crippen LogP contribution in [0.3, 0.4) is 0 Å². The second-order valence-electron chi connectivity index (χ2n) is 7.35. The van der Waals surface area contributed by atoms with Crippen molar-refractivity contribution in [3.63, 3.8) is 0 Å². The van der Waals surface area contributed by atoms with Crippen LogP contribution >= 0.6 is 23.2 Å². The molecule has 0 aliphatic carbocycles. The molecule has 0 bridgehead atoms. The highest BCUT2D eigenvalue weighted by molar-refractivity contribution is 6.35. The van der Waals surface area contributed by atoms with Crippen molar-refractivity contribution in [2.45, 2.75) is 25.9 Å². The lowest BCUT2D eigenvalue weighted by Crippen LogP contribution is -2.43. The minimum absolute atomic E-state index is 0.0167. The molecular weight excluding hydrogens is 395 g/mol. The quantitative estimate of drug-likeness (QED) is 0.667. The van der Waals surface area contributed by atoms with E-state index < -0.39 is 0 Å². The minimum Gasteiger partial charge on any atom is -0.497 e. The number of methoxy groups -OCH3 is 1. The molecule has 1 atom stereocenters. The molecule has 1 unspecified atom stereocenters. The number of piperidine rings is 1. The Balaban J connectivity index is 1.58. The van der Waals surface area contributed by atoms with E-state index in [4.69, 9.17) is 27.9 Å². The van der Waals surface area contributed by atoms with Crippen molar-refractivity contribution < 1.29 is 9.53 Å². The summed E-state index contributed by atoms with van der Waals surface area (Å²) in [5.74, 6) is 1.03. The van der Waals surface area contributed by atoms with Crippen LogP contribution < -0.4 is 4.74 Å². The smallest absolute Gasteiger partial charge is 0.227 e. The molecule has 0 N–H and O–H groups in total. The Morgan fingerprint density at radius 3 is 2.64 bits per heavy atom. The van der Waals surface area contributed by atoms with Gasteiger partial charge >= 0.3 is 0 Å². The molecular formula is C22H26Cl2N2O2. The lowest BCUT2D eigenvalue weighted by Gasteiger charge is -2.34. The zero-order chi connectivity index (χ0) is 20.1. The largest absolute Gasteiger partial charge is 0.497 e. The van der Waals surface area contributed by atoms with E-state index in [0.717, 1.165) is 49.4 Å². The standard InChI is InChI=1S/C22H26Cl2N2O2/c1-25(13-16-5-9-20(28-2)10-6-16)22(27)18-4-3-11-26(15-18)14-17-7-8-19(23)12-21(17)24/h5-10,12,18H,3-4,11,13-15H2,1-2H3. The normalized spacial score (nSPS) is 17.4. The van der Waals surface area contributed by atoms with Crippen LogP contribution in [0.15, 0.2) is 42.5 Å². The number of hydrogen-bond donors (Lipinski definition) is 0. The molecule has 2 aromatic rings. The van der Waals surface area contributed by atoms with Crippen molar-refractivity contribution in [1.29, 1.82) is 0 Å². The molecule has 0 radical (unpaired) electrons. The summed E-state index contributed by atoms with van der Waals surface area (Å²) in [6.45, 7) is 3.07. The Hall–Kier alpha value is -1.75. The summed E-state index contributed by atoms with van der Waals surface area (Å²) in [5.41, 5.74) is 2.14. The molecule has 1 saturated heterocycles. The number of likely N-dealkylation sites (tertiary alicyclic amines) is 1. The third kappa shape index (κ3) is 5.40. The summed E-state index contributed by atoms with van der Waals surface area (Å²) in [7, 11) is 3.53. The summed E-state index contributed by atoms with van der Waals surface area (Å²) in [4.78, 5) is 17.1. The molecule has 0 saturated carbocycles. The van der Waals surface area contributed by atoms with Gasteiger partial charge in [0.2, 0.25) is 5.91 Å². The summed E-state index contributed by atoms with van der Waals surface area (Å²) in [5, 5.41) is 1.32.